The Hall–Kier alpha value is -2.51. The number of hydrogen-bond acceptors (Lipinski definition) is 5. The second-order valence-corrected chi connectivity index (χ2v) is 8.84. The van der Waals surface area contributed by atoms with E-state index < -0.39 is 0 Å². The van der Waals surface area contributed by atoms with Crippen molar-refractivity contribution in [1.29, 1.82) is 0 Å². The van der Waals surface area contributed by atoms with Gasteiger partial charge in [-0.2, -0.15) is 0 Å². The number of aromatic amines is 1. The molecule has 0 bridgehead atoms. The molecule has 5 rings (SSSR count). The molecule has 0 saturated carbocycles. The largest absolute Gasteiger partial charge is 0.326 e. The molecule has 0 unspecified atom stereocenters. The van der Waals surface area contributed by atoms with E-state index in [9.17, 15) is 4.79 Å². The summed E-state index contributed by atoms with van der Waals surface area (Å²) >= 11 is 0. The number of benzene rings is 1. The Kier molecular flexibility index (Phi) is 5.39. The molecule has 2 fully saturated rings. The van der Waals surface area contributed by atoms with Gasteiger partial charge in [-0.25, -0.2) is 14.8 Å². The second-order valence-electron chi connectivity index (χ2n) is 8.84. The summed E-state index contributed by atoms with van der Waals surface area (Å²) in [7, 11) is 0. The molecule has 7 nitrogen and oxygen atoms in total. The first-order valence-electron chi connectivity index (χ1n) is 11.1. The maximum Gasteiger partial charge on any atom is 0.326 e. The van der Waals surface area contributed by atoms with Crippen molar-refractivity contribution in [3.8, 4) is 0 Å². The summed E-state index contributed by atoms with van der Waals surface area (Å²) in [6.07, 6.45) is 9.93. The van der Waals surface area contributed by atoms with Crippen LogP contribution < -0.4 is 5.69 Å². The van der Waals surface area contributed by atoms with Gasteiger partial charge < -0.3 is 9.88 Å². The van der Waals surface area contributed by atoms with E-state index in [4.69, 9.17) is 0 Å². The Morgan fingerprint density at radius 2 is 1.70 bits per heavy atom. The monoisotopic (exact) mass is 406 g/mol. The van der Waals surface area contributed by atoms with Crippen molar-refractivity contribution in [1.82, 2.24) is 29.3 Å². The summed E-state index contributed by atoms with van der Waals surface area (Å²) in [5, 5.41) is 0. The number of aryl methyl sites for hydroxylation is 1. The molecule has 2 aliphatic heterocycles. The third kappa shape index (κ3) is 3.91. The lowest BCUT2D eigenvalue weighted by molar-refractivity contribution is 0.0769. The van der Waals surface area contributed by atoms with Crippen LogP contribution in [0, 0.1) is 6.92 Å². The van der Waals surface area contributed by atoms with Crippen LogP contribution in [0.2, 0.25) is 0 Å². The standard InChI is InChI=1S/C23H30N6O/c1-17-2-3-22-21(12-17)26-23(30)29(22)20-6-10-28(11-7-20)19-4-8-27(9-5-19)15-18-13-24-16-25-14-18/h2-3,12-14,16,19-20H,4-11,15H2,1H3,(H,26,30). The van der Waals surface area contributed by atoms with Gasteiger partial charge in [0, 0.05) is 49.7 Å². The lowest BCUT2D eigenvalue weighted by atomic mass is 9.97. The van der Waals surface area contributed by atoms with E-state index in [1.165, 1.54) is 24.0 Å². The molecule has 158 valence electrons. The SMILES string of the molecule is Cc1ccc2c(c1)[nH]c(=O)n2C1CCN(C2CCN(Cc3cncnc3)CC2)CC1. The number of imidazole rings is 1. The van der Waals surface area contributed by atoms with E-state index in [0.29, 0.717) is 12.1 Å². The van der Waals surface area contributed by atoms with Gasteiger partial charge in [0.25, 0.3) is 0 Å². The van der Waals surface area contributed by atoms with Gasteiger partial charge in [-0.05, 0) is 63.4 Å². The number of fused-ring (bicyclic) bond motifs is 1. The van der Waals surface area contributed by atoms with Crippen LogP contribution in [0.25, 0.3) is 11.0 Å². The van der Waals surface area contributed by atoms with Crippen molar-refractivity contribution >= 4 is 11.0 Å². The molecule has 2 aromatic heterocycles. The number of H-pyrrole nitrogens is 1. The van der Waals surface area contributed by atoms with E-state index in [-0.39, 0.29) is 5.69 Å². The number of nitrogens with one attached hydrogen (secondary N) is 1. The second kappa shape index (κ2) is 8.32. The highest BCUT2D eigenvalue weighted by molar-refractivity contribution is 5.76. The molecule has 2 aliphatic rings. The molecule has 2 saturated heterocycles. The minimum atomic E-state index is 0.0345. The summed E-state index contributed by atoms with van der Waals surface area (Å²) in [5.74, 6) is 0. The molecule has 1 aromatic carbocycles. The Labute approximate surface area is 176 Å². The van der Waals surface area contributed by atoms with Crippen molar-refractivity contribution in [3.05, 3.63) is 58.5 Å². The highest BCUT2D eigenvalue weighted by Gasteiger charge is 2.29. The highest BCUT2D eigenvalue weighted by Crippen LogP contribution is 2.28. The summed E-state index contributed by atoms with van der Waals surface area (Å²) in [6, 6.07) is 7.21. The first kappa shape index (κ1) is 19.5. The Morgan fingerprint density at radius 3 is 2.43 bits per heavy atom. The fraction of sp³-hybridized carbons (Fsp3) is 0.522. The van der Waals surface area contributed by atoms with E-state index in [2.05, 4.69) is 49.9 Å². The molecular weight excluding hydrogens is 376 g/mol. The molecule has 0 amide bonds. The Bertz CT molecular complexity index is 1040. The maximum atomic E-state index is 12.6. The smallest absolute Gasteiger partial charge is 0.306 e. The summed E-state index contributed by atoms with van der Waals surface area (Å²) in [6.45, 7) is 7.41. The van der Waals surface area contributed by atoms with Crippen LogP contribution in [0.5, 0.6) is 0 Å². The average molecular weight is 407 g/mol. The number of aromatic nitrogens is 4. The number of nitrogens with zero attached hydrogens (tertiary/aromatic N) is 5. The quantitative estimate of drug-likeness (QED) is 0.721. The number of rotatable bonds is 4. The van der Waals surface area contributed by atoms with Crippen molar-refractivity contribution in [2.24, 2.45) is 0 Å². The normalized spacial score (nSPS) is 20.2. The lowest BCUT2D eigenvalue weighted by Gasteiger charge is -2.42. The predicted octanol–water partition coefficient (Wildman–Crippen LogP) is 2.73. The van der Waals surface area contributed by atoms with E-state index >= 15 is 0 Å². The molecule has 4 heterocycles. The van der Waals surface area contributed by atoms with Gasteiger partial charge in [0.1, 0.15) is 6.33 Å². The zero-order valence-corrected chi connectivity index (χ0v) is 17.6. The fourth-order valence-electron chi connectivity index (χ4n) is 5.23. The first-order chi connectivity index (χ1) is 14.7. The molecule has 3 aromatic rings. The topological polar surface area (TPSA) is 70.1 Å². The van der Waals surface area contributed by atoms with Crippen molar-refractivity contribution in [2.45, 2.75) is 51.2 Å². The lowest BCUT2D eigenvalue weighted by Crippen LogP contribution is -2.48. The highest BCUT2D eigenvalue weighted by atomic mass is 16.1. The Morgan fingerprint density at radius 1 is 1.00 bits per heavy atom. The molecule has 0 aliphatic carbocycles. The van der Waals surface area contributed by atoms with Crippen LogP contribution in [0.1, 0.15) is 42.9 Å². The van der Waals surface area contributed by atoms with E-state index in [0.717, 1.165) is 56.6 Å². The molecule has 0 atom stereocenters. The predicted molar refractivity (Wildman–Crippen MR) is 117 cm³/mol. The van der Waals surface area contributed by atoms with Crippen molar-refractivity contribution in [2.75, 3.05) is 26.2 Å². The van der Waals surface area contributed by atoms with Crippen LogP contribution in [-0.2, 0) is 6.54 Å². The van der Waals surface area contributed by atoms with Gasteiger partial charge in [-0.1, -0.05) is 6.07 Å². The van der Waals surface area contributed by atoms with Gasteiger partial charge in [0.2, 0.25) is 0 Å². The average Bonchev–Trinajstić information content (AvgIpc) is 3.10. The van der Waals surface area contributed by atoms with Crippen LogP contribution in [0.15, 0.2) is 41.7 Å². The minimum Gasteiger partial charge on any atom is -0.306 e. The first-order valence-corrected chi connectivity index (χ1v) is 11.1. The molecule has 1 N–H and O–H groups in total. The van der Waals surface area contributed by atoms with Crippen molar-refractivity contribution in [3.63, 3.8) is 0 Å². The molecular formula is C23H30N6O. The third-order valence-corrected chi connectivity index (χ3v) is 6.83. The van der Waals surface area contributed by atoms with Gasteiger partial charge in [-0.15, -0.1) is 0 Å². The summed E-state index contributed by atoms with van der Waals surface area (Å²) < 4.78 is 2.00. The maximum absolute atomic E-state index is 12.6. The van der Waals surface area contributed by atoms with Gasteiger partial charge >= 0.3 is 5.69 Å². The van der Waals surface area contributed by atoms with Crippen molar-refractivity contribution < 1.29 is 0 Å². The van der Waals surface area contributed by atoms with Crippen LogP contribution >= 0.6 is 0 Å². The Balaban J connectivity index is 1.17. The fourth-order valence-corrected chi connectivity index (χ4v) is 5.23. The van der Waals surface area contributed by atoms with E-state index in [1.807, 2.05) is 17.0 Å². The zero-order chi connectivity index (χ0) is 20.5. The summed E-state index contributed by atoms with van der Waals surface area (Å²) in [4.78, 5) is 29.1. The van der Waals surface area contributed by atoms with Gasteiger partial charge in [-0.3, -0.25) is 9.47 Å². The number of likely N-dealkylation sites (tertiary alicyclic amines) is 2. The number of piperidine rings is 2. The molecule has 7 heteroatoms. The zero-order valence-electron chi connectivity index (χ0n) is 17.6. The van der Waals surface area contributed by atoms with Crippen LogP contribution in [0.4, 0.5) is 0 Å². The van der Waals surface area contributed by atoms with Gasteiger partial charge in [0.15, 0.2) is 0 Å². The molecule has 0 spiro atoms. The van der Waals surface area contributed by atoms with Gasteiger partial charge in [0.05, 0.1) is 11.0 Å². The molecule has 30 heavy (non-hydrogen) atoms. The van der Waals surface area contributed by atoms with Crippen LogP contribution in [0.3, 0.4) is 0 Å². The van der Waals surface area contributed by atoms with E-state index in [1.54, 1.807) is 6.33 Å². The molecule has 0 radical (unpaired) electrons. The number of hydrogen-bond donors (Lipinski definition) is 1. The minimum absolute atomic E-state index is 0.0345. The van der Waals surface area contributed by atoms with Crippen LogP contribution in [-0.4, -0.2) is 61.5 Å². The summed E-state index contributed by atoms with van der Waals surface area (Å²) in [5.41, 5.74) is 4.40. The third-order valence-electron chi connectivity index (χ3n) is 6.83.